The zero-order valence-corrected chi connectivity index (χ0v) is 35.0. The molecule has 336 valence electrons. The number of methoxy groups -OCH3 is 1. The lowest BCUT2D eigenvalue weighted by atomic mass is 9.60. The van der Waals surface area contributed by atoms with Crippen LogP contribution in [-0.4, -0.2) is 126 Å². The van der Waals surface area contributed by atoms with E-state index in [0.29, 0.717) is 44.5 Å². The number of nitrogens with zero attached hydrogens (tertiary/aromatic N) is 6. The van der Waals surface area contributed by atoms with Crippen molar-refractivity contribution < 1.29 is 51.5 Å². The summed E-state index contributed by atoms with van der Waals surface area (Å²) in [4.78, 5) is 103. The third kappa shape index (κ3) is 7.48. The molecule has 7 amide bonds. The van der Waals surface area contributed by atoms with Crippen LogP contribution in [0.4, 0.5) is 42.0 Å². The standard InChI is InChI=1S/C43H45F3N10O8/c1-53-30-18-48-41(52-35(30)55(23-6-3-4-7-23)21-43(45,46)40(53)63)50-28-15-26(44)25(14-31(28)64-2)36(59)49-22-16-42(17-22)19-54(20-42)33(58)12-13-47-27-9-5-8-24-34(27)39(62)56(38(24)61)29-10-11-32(57)51-37(29)60/h5,8-9,14-15,18,22-23,29,47H,3-4,6-7,10-13,16-17,19-21H2,1-2H3,(H,49,59)(H,48,50,52)(H,51,57,60). The van der Waals surface area contributed by atoms with Crippen molar-refractivity contribution in [2.75, 3.05) is 60.8 Å². The van der Waals surface area contributed by atoms with Gasteiger partial charge in [-0.25, -0.2) is 9.37 Å². The van der Waals surface area contributed by atoms with Crippen LogP contribution in [0.3, 0.4) is 0 Å². The van der Waals surface area contributed by atoms with E-state index < -0.39 is 59.8 Å². The second-order valence-corrected chi connectivity index (χ2v) is 17.4. The van der Waals surface area contributed by atoms with Gasteiger partial charge in [0.2, 0.25) is 23.7 Å². The number of alkyl halides is 2. The highest BCUT2D eigenvalue weighted by Crippen LogP contribution is 2.49. The summed E-state index contributed by atoms with van der Waals surface area (Å²) in [6, 6.07) is 5.41. The number of piperidine rings is 1. The molecular formula is C43H45F3N10O8. The van der Waals surface area contributed by atoms with Crippen molar-refractivity contribution in [2.24, 2.45) is 5.41 Å². The Morgan fingerprint density at radius 2 is 1.73 bits per heavy atom. The van der Waals surface area contributed by atoms with E-state index in [1.54, 1.807) is 17.0 Å². The minimum Gasteiger partial charge on any atom is -0.495 e. The van der Waals surface area contributed by atoms with Crippen molar-refractivity contribution in [1.29, 1.82) is 0 Å². The highest BCUT2D eigenvalue weighted by molar-refractivity contribution is 6.25. The van der Waals surface area contributed by atoms with Gasteiger partial charge in [0.15, 0.2) is 5.82 Å². The van der Waals surface area contributed by atoms with E-state index in [4.69, 9.17) is 4.74 Å². The number of hydrogen-bond acceptors (Lipinski definition) is 13. The number of anilines is 5. The zero-order chi connectivity index (χ0) is 45.2. The molecule has 9 rings (SSSR count). The monoisotopic (exact) mass is 886 g/mol. The molecule has 2 saturated heterocycles. The third-order valence-electron chi connectivity index (χ3n) is 13.1. The number of imide groups is 2. The number of halogens is 3. The molecule has 2 saturated carbocycles. The molecule has 1 spiro atoms. The highest BCUT2D eigenvalue weighted by atomic mass is 19.3. The second-order valence-electron chi connectivity index (χ2n) is 17.4. The van der Waals surface area contributed by atoms with Crippen molar-refractivity contribution in [3.05, 3.63) is 59.0 Å². The zero-order valence-electron chi connectivity index (χ0n) is 35.0. The Balaban J connectivity index is 0.774. The number of benzene rings is 2. The first kappa shape index (κ1) is 42.5. The quantitative estimate of drug-likeness (QED) is 0.204. The number of likely N-dealkylation sites (tertiary alicyclic amines) is 1. The summed E-state index contributed by atoms with van der Waals surface area (Å²) >= 11 is 0. The van der Waals surface area contributed by atoms with E-state index in [1.165, 1.54) is 37.4 Å². The third-order valence-corrected chi connectivity index (χ3v) is 13.1. The largest absolute Gasteiger partial charge is 0.495 e. The van der Waals surface area contributed by atoms with Gasteiger partial charge in [0.25, 0.3) is 23.6 Å². The first-order valence-electron chi connectivity index (χ1n) is 21.2. The van der Waals surface area contributed by atoms with Crippen molar-refractivity contribution in [1.82, 2.24) is 30.4 Å². The molecule has 2 aromatic carbocycles. The van der Waals surface area contributed by atoms with Crippen LogP contribution in [0.15, 0.2) is 36.5 Å². The fraction of sp³-hybridized carbons (Fsp3) is 0.465. The van der Waals surface area contributed by atoms with Crippen molar-refractivity contribution in [3.8, 4) is 5.75 Å². The van der Waals surface area contributed by atoms with Crippen LogP contribution in [0.1, 0.15) is 88.9 Å². The fourth-order valence-corrected chi connectivity index (χ4v) is 9.89. The van der Waals surface area contributed by atoms with Crippen LogP contribution in [0.25, 0.3) is 0 Å². The van der Waals surface area contributed by atoms with E-state index in [0.717, 1.165) is 28.7 Å². The maximum Gasteiger partial charge on any atom is 0.342 e. The number of ether oxygens (including phenoxy) is 1. The predicted octanol–water partition coefficient (Wildman–Crippen LogP) is 3.35. The average Bonchev–Trinajstić information content (AvgIpc) is 3.85. The average molecular weight is 887 g/mol. The molecular weight excluding hydrogens is 842 g/mol. The smallest absolute Gasteiger partial charge is 0.342 e. The molecule has 4 fully saturated rings. The Kier molecular flexibility index (Phi) is 10.7. The van der Waals surface area contributed by atoms with Gasteiger partial charge >= 0.3 is 5.92 Å². The molecule has 0 radical (unpaired) electrons. The lowest BCUT2D eigenvalue weighted by molar-refractivity contribution is -0.151. The molecule has 1 aromatic heterocycles. The summed E-state index contributed by atoms with van der Waals surface area (Å²) in [5, 5.41) is 11.0. The summed E-state index contributed by atoms with van der Waals surface area (Å²) in [6.07, 6.45) is 5.60. The minimum atomic E-state index is -3.65. The van der Waals surface area contributed by atoms with Crippen molar-refractivity contribution >= 4 is 70.2 Å². The van der Waals surface area contributed by atoms with Gasteiger partial charge in [0.05, 0.1) is 42.2 Å². The van der Waals surface area contributed by atoms with E-state index in [1.807, 2.05) is 0 Å². The van der Waals surface area contributed by atoms with Crippen LogP contribution in [0, 0.1) is 11.2 Å². The number of fused-ring (bicyclic) bond motifs is 2. The molecule has 64 heavy (non-hydrogen) atoms. The summed E-state index contributed by atoms with van der Waals surface area (Å²) < 4.78 is 51.2. The summed E-state index contributed by atoms with van der Waals surface area (Å²) in [6.45, 7) is 0.288. The van der Waals surface area contributed by atoms with Gasteiger partial charge in [-0.3, -0.25) is 43.8 Å². The maximum absolute atomic E-state index is 15.6. The predicted molar refractivity (Wildman–Crippen MR) is 222 cm³/mol. The molecule has 18 nitrogen and oxygen atoms in total. The van der Waals surface area contributed by atoms with Gasteiger partial charge in [0, 0.05) is 68.8 Å². The number of rotatable bonds is 11. The van der Waals surface area contributed by atoms with Crippen molar-refractivity contribution in [3.63, 3.8) is 0 Å². The topological polar surface area (TPSA) is 216 Å². The molecule has 5 heterocycles. The van der Waals surface area contributed by atoms with E-state index in [9.17, 15) is 33.6 Å². The molecule has 2 aliphatic carbocycles. The molecule has 1 atom stereocenters. The van der Waals surface area contributed by atoms with Crippen LogP contribution < -0.4 is 35.8 Å². The van der Waals surface area contributed by atoms with Crippen molar-refractivity contribution in [2.45, 2.75) is 81.8 Å². The first-order valence-corrected chi connectivity index (χ1v) is 21.2. The van der Waals surface area contributed by atoms with Crippen LogP contribution in [-0.2, 0) is 19.2 Å². The molecule has 6 aliphatic rings. The molecule has 1 unspecified atom stereocenters. The van der Waals surface area contributed by atoms with Crippen LogP contribution >= 0.6 is 0 Å². The highest BCUT2D eigenvalue weighted by Gasteiger charge is 2.54. The lowest BCUT2D eigenvalue weighted by Gasteiger charge is -2.59. The Hall–Kier alpha value is -6.80. The first-order chi connectivity index (χ1) is 30.6. The number of carbonyl (C=O) groups is 7. The Morgan fingerprint density at radius 3 is 2.45 bits per heavy atom. The van der Waals surface area contributed by atoms with Crippen LogP contribution in [0.5, 0.6) is 5.75 Å². The van der Waals surface area contributed by atoms with Gasteiger partial charge < -0.3 is 35.4 Å². The van der Waals surface area contributed by atoms with Gasteiger partial charge in [-0.2, -0.15) is 13.8 Å². The number of carbonyl (C=O) groups excluding carboxylic acids is 7. The second kappa shape index (κ2) is 16.1. The van der Waals surface area contributed by atoms with Gasteiger partial charge in [0.1, 0.15) is 23.3 Å². The number of amides is 7. The van der Waals surface area contributed by atoms with Gasteiger partial charge in [-0.1, -0.05) is 18.9 Å². The van der Waals surface area contributed by atoms with E-state index in [-0.39, 0.29) is 94.8 Å². The number of aromatic nitrogens is 2. The minimum absolute atomic E-state index is 0.00547. The van der Waals surface area contributed by atoms with E-state index >= 15 is 13.2 Å². The maximum atomic E-state index is 15.6. The normalized spacial score (nSPS) is 21.5. The SMILES string of the molecule is COc1cc(C(=O)NC2CC3(C2)CN(C(=O)CCNc2cccc4c2C(=O)N(C2CCC(=O)NC2=O)C4=O)C3)c(F)cc1Nc1ncc2c(n1)N(C1CCCC1)CC(F)(F)C(=O)N2C. The van der Waals surface area contributed by atoms with E-state index in [2.05, 4.69) is 31.2 Å². The Bertz CT molecular complexity index is 2500. The van der Waals surface area contributed by atoms with Gasteiger partial charge in [-0.15, -0.1) is 0 Å². The summed E-state index contributed by atoms with van der Waals surface area (Å²) in [7, 11) is 2.59. The molecule has 0 bridgehead atoms. The number of nitrogens with one attached hydrogen (secondary N) is 4. The molecule has 4 N–H and O–H groups in total. The summed E-state index contributed by atoms with van der Waals surface area (Å²) in [5.41, 5.74) is 0.335. The fourth-order valence-electron chi connectivity index (χ4n) is 9.89. The Morgan fingerprint density at radius 1 is 0.984 bits per heavy atom. The lowest BCUT2D eigenvalue weighted by Crippen LogP contribution is -2.67. The Labute approximate surface area is 364 Å². The van der Waals surface area contributed by atoms with Gasteiger partial charge in [-0.05, 0) is 50.3 Å². The van der Waals surface area contributed by atoms with Crippen LogP contribution in [0.2, 0.25) is 0 Å². The molecule has 4 aliphatic heterocycles. The number of hydrogen-bond donors (Lipinski definition) is 4. The summed E-state index contributed by atoms with van der Waals surface area (Å²) in [5.74, 6) is -8.92. The molecule has 3 aromatic rings. The molecule has 21 heteroatoms.